The molecule has 0 aromatic carbocycles. The van der Waals surface area contributed by atoms with E-state index in [4.69, 9.17) is 6.42 Å². The van der Waals surface area contributed by atoms with Crippen LogP contribution in [0.3, 0.4) is 0 Å². The molecule has 0 saturated heterocycles. The van der Waals surface area contributed by atoms with Gasteiger partial charge in [-0.1, -0.05) is 32.6 Å². The summed E-state index contributed by atoms with van der Waals surface area (Å²) in [5.74, 6) is 4.03. The molecule has 0 fully saturated rings. The number of rotatable bonds is 6. The van der Waals surface area contributed by atoms with Gasteiger partial charge in [0.1, 0.15) is 0 Å². The average molecular weight is 337 g/mol. The van der Waals surface area contributed by atoms with Crippen LogP contribution in [-0.4, -0.2) is 25.6 Å². The number of hydrogen-bond acceptors (Lipinski definition) is 1. The van der Waals surface area contributed by atoms with Crippen molar-refractivity contribution >= 4 is 29.9 Å². The van der Waals surface area contributed by atoms with E-state index >= 15 is 0 Å². The zero-order valence-electron chi connectivity index (χ0n) is 10.5. The molecule has 0 aromatic heterocycles. The molecule has 0 amide bonds. The molecule has 3 nitrogen and oxygen atoms in total. The summed E-state index contributed by atoms with van der Waals surface area (Å²) >= 11 is 0. The van der Waals surface area contributed by atoms with E-state index in [2.05, 4.69) is 35.4 Å². The molecule has 0 aliphatic rings. The topological polar surface area (TPSA) is 36.4 Å². The molecule has 0 spiro atoms. The minimum atomic E-state index is 0. The van der Waals surface area contributed by atoms with Gasteiger partial charge < -0.3 is 10.6 Å². The van der Waals surface area contributed by atoms with Gasteiger partial charge in [-0.25, -0.2) is 0 Å². The normalized spacial score (nSPS) is 10.6. The molecule has 0 bridgehead atoms. The highest BCUT2D eigenvalue weighted by molar-refractivity contribution is 14.0. The molecule has 0 rings (SSSR count). The first-order valence-corrected chi connectivity index (χ1v) is 5.74. The quantitative estimate of drug-likeness (QED) is 0.338. The second-order valence-electron chi connectivity index (χ2n) is 3.46. The second-order valence-corrected chi connectivity index (χ2v) is 3.46. The number of nitrogens with one attached hydrogen (secondary N) is 2. The average Bonchev–Trinajstić information content (AvgIpc) is 2.27. The van der Waals surface area contributed by atoms with E-state index < -0.39 is 0 Å². The molecule has 0 unspecified atom stereocenters. The van der Waals surface area contributed by atoms with Crippen LogP contribution in [0.5, 0.6) is 0 Å². The van der Waals surface area contributed by atoms with Crippen molar-refractivity contribution < 1.29 is 0 Å². The van der Waals surface area contributed by atoms with E-state index in [1.807, 2.05) is 6.92 Å². The molecule has 0 aliphatic carbocycles. The van der Waals surface area contributed by atoms with Crippen LogP contribution in [0.15, 0.2) is 4.99 Å². The summed E-state index contributed by atoms with van der Waals surface area (Å²) in [6.45, 7) is 8.70. The van der Waals surface area contributed by atoms with E-state index in [1.165, 1.54) is 12.8 Å². The van der Waals surface area contributed by atoms with Crippen LogP contribution in [0.1, 0.15) is 33.6 Å². The van der Waals surface area contributed by atoms with E-state index in [0.29, 0.717) is 12.5 Å². The van der Waals surface area contributed by atoms with Gasteiger partial charge in [0.25, 0.3) is 0 Å². The van der Waals surface area contributed by atoms with Gasteiger partial charge in [0.15, 0.2) is 5.96 Å². The lowest BCUT2D eigenvalue weighted by molar-refractivity contribution is 0.504. The fourth-order valence-electron chi connectivity index (χ4n) is 1.24. The van der Waals surface area contributed by atoms with E-state index in [9.17, 15) is 0 Å². The molecule has 16 heavy (non-hydrogen) atoms. The van der Waals surface area contributed by atoms with Crippen molar-refractivity contribution in [1.29, 1.82) is 0 Å². The number of nitrogens with zero attached hydrogens (tertiary/aromatic N) is 1. The van der Waals surface area contributed by atoms with Crippen LogP contribution >= 0.6 is 24.0 Å². The van der Waals surface area contributed by atoms with Gasteiger partial charge in [-0.15, -0.1) is 30.4 Å². The van der Waals surface area contributed by atoms with Crippen LogP contribution in [0.25, 0.3) is 0 Å². The first-order valence-electron chi connectivity index (χ1n) is 5.74. The predicted molar refractivity (Wildman–Crippen MR) is 82.3 cm³/mol. The molecule has 0 aromatic rings. The minimum absolute atomic E-state index is 0. The van der Waals surface area contributed by atoms with Gasteiger partial charge in [-0.05, 0) is 12.8 Å². The summed E-state index contributed by atoms with van der Waals surface area (Å²) < 4.78 is 0. The number of terminal acetylenes is 1. The highest BCUT2D eigenvalue weighted by Gasteiger charge is 2.02. The monoisotopic (exact) mass is 337 g/mol. The number of guanidine groups is 1. The summed E-state index contributed by atoms with van der Waals surface area (Å²) in [4.78, 5) is 4.49. The highest BCUT2D eigenvalue weighted by Crippen LogP contribution is 2.06. The third-order valence-corrected chi connectivity index (χ3v) is 2.36. The fraction of sp³-hybridized carbons (Fsp3) is 0.750. The third-order valence-electron chi connectivity index (χ3n) is 2.36. The summed E-state index contributed by atoms with van der Waals surface area (Å²) in [5.41, 5.74) is 0. The van der Waals surface area contributed by atoms with Crippen molar-refractivity contribution in [2.45, 2.75) is 33.6 Å². The van der Waals surface area contributed by atoms with E-state index in [-0.39, 0.29) is 24.0 Å². The summed E-state index contributed by atoms with van der Waals surface area (Å²) in [5, 5.41) is 6.24. The van der Waals surface area contributed by atoms with Crippen molar-refractivity contribution in [1.82, 2.24) is 10.6 Å². The standard InChI is InChI=1S/C12H23N3.HI/c1-5-9-14-12(13-8-4)15-10-11(6-2)7-3;/h1,11H,6-10H2,2-4H3,(H2,13,14,15);1H. The fourth-order valence-corrected chi connectivity index (χ4v) is 1.24. The Labute approximate surface area is 117 Å². The second kappa shape index (κ2) is 12.6. The summed E-state index contributed by atoms with van der Waals surface area (Å²) in [7, 11) is 0. The van der Waals surface area contributed by atoms with Gasteiger partial charge in [-0.3, -0.25) is 4.99 Å². The molecule has 0 aliphatic heterocycles. The van der Waals surface area contributed by atoms with Gasteiger partial charge >= 0.3 is 0 Å². The molecule has 0 heterocycles. The first kappa shape index (κ1) is 17.9. The Kier molecular flexibility index (Phi) is 14.2. The van der Waals surface area contributed by atoms with Crippen LogP contribution in [0.2, 0.25) is 0 Å². The van der Waals surface area contributed by atoms with Crippen LogP contribution < -0.4 is 10.6 Å². The van der Waals surface area contributed by atoms with E-state index in [1.54, 1.807) is 0 Å². The van der Waals surface area contributed by atoms with Gasteiger partial charge in [0.2, 0.25) is 0 Å². The van der Waals surface area contributed by atoms with Gasteiger partial charge in [0, 0.05) is 13.1 Å². The molecule has 4 heteroatoms. The maximum absolute atomic E-state index is 5.19. The van der Waals surface area contributed by atoms with Crippen molar-refractivity contribution in [3.05, 3.63) is 0 Å². The first-order chi connectivity index (χ1) is 7.28. The Morgan fingerprint density at radius 1 is 1.25 bits per heavy atom. The van der Waals surface area contributed by atoms with Crippen molar-refractivity contribution in [2.24, 2.45) is 10.9 Å². The van der Waals surface area contributed by atoms with Crippen LogP contribution in [0.4, 0.5) is 0 Å². The summed E-state index contributed by atoms with van der Waals surface area (Å²) in [6, 6.07) is 0. The lowest BCUT2D eigenvalue weighted by Gasteiger charge is -2.12. The van der Waals surface area contributed by atoms with E-state index in [0.717, 1.165) is 19.0 Å². The van der Waals surface area contributed by atoms with Gasteiger partial charge in [0.05, 0.1) is 6.54 Å². The van der Waals surface area contributed by atoms with Crippen LogP contribution in [0, 0.1) is 18.3 Å². The Morgan fingerprint density at radius 3 is 2.31 bits per heavy atom. The van der Waals surface area contributed by atoms with Crippen molar-refractivity contribution in [3.63, 3.8) is 0 Å². The predicted octanol–water partition coefficient (Wildman–Crippen LogP) is 2.23. The zero-order chi connectivity index (χ0) is 11.5. The molecule has 94 valence electrons. The Bertz CT molecular complexity index is 217. The molecule has 2 N–H and O–H groups in total. The Hall–Kier alpha value is -0.440. The number of aliphatic imine (C=N–C) groups is 1. The largest absolute Gasteiger partial charge is 0.357 e. The Morgan fingerprint density at radius 2 is 1.88 bits per heavy atom. The molecule has 0 radical (unpaired) electrons. The lowest BCUT2D eigenvalue weighted by Crippen LogP contribution is -2.37. The molecular weight excluding hydrogens is 313 g/mol. The van der Waals surface area contributed by atoms with Gasteiger partial charge in [-0.2, -0.15) is 0 Å². The maximum atomic E-state index is 5.19. The number of hydrogen-bond donors (Lipinski definition) is 2. The summed E-state index contributed by atoms with van der Waals surface area (Å²) in [6.07, 6.45) is 7.54. The zero-order valence-corrected chi connectivity index (χ0v) is 12.9. The number of halogens is 1. The highest BCUT2D eigenvalue weighted by atomic mass is 127. The SMILES string of the molecule is C#CCNC(=NCC(CC)CC)NCC.I. The maximum Gasteiger partial charge on any atom is 0.192 e. The molecular formula is C12H24IN3. The lowest BCUT2D eigenvalue weighted by atomic mass is 10.0. The molecule has 0 saturated carbocycles. The van der Waals surface area contributed by atoms with Crippen molar-refractivity contribution in [3.8, 4) is 12.3 Å². The smallest absolute Gasteiger partial charge is 0.192 e. The Balaban J connectivity index is 0. The molecule has 0 atom stereocenters. The minimum Gasteiger partial charge on any atom is -0.357 e. The van der Waals surface area contributed by atoms with Crippen LogP contribution in [-0.2, 0) is 0 Å². The third kappa shape index (κ3) is 8.84. The van der Waals surface area contributed by atoms with Crippen molar-refractivity contribution in [2.75, 3.05) is 19.6 Å².